The average Bonchev–Trinajstić information content (AvgIpc) is 3.10. The second kappa shape index (κ2) is 9.02. The van der Waals surface area contributed by atoms with Crippen LogP contribution in [0.25, 0.3) is 0 Å². The summed E-state index contributed by atoms with van der Waals surface area (Å²) in [4.78, 5) is 16.2. The molecule has 1 aromatic rings. The third-order valence-electron chi connectivity index (χ3n) is 3.97. The molecule has 6 nitrogen and oxygen atoms in total. The van der Waals surface area contributed by atoms with Gasteiger partial charge in [-0.1, -0.05) is 12.8 Å². The van der Waals surface area contributed by atoms with Gasteiger partial charge in [0.25, 0.3) is 5.91 Å². The van der Waals surface area contributed by atoms with Gasteiger partial charge in [-0.3, -0.25) is 9.79 Å². The smallest absolute Gasteiger partial charge is 0.251 e. The SMILES string of the molecule is CN=C(NCCNC(=O)c1ccc(OC)cc1)NC1CCCC1. The van der Waals surface area contributed by atoms with Crippen molar-refractivity contribution < 1.29 is 9.53 Å². The van der Waals surface area contributed by atoms with Crippen LogP contribution in [0.3, 0.4) is 0 Å². The number of ether oxygens (including phenoxy) is 1. The molecule has 2 rings (SSSR count). The fourth-order valence-corrected chi connectivity index (χ4v) is 2.66. The Hall–Kier alpha value is -2.24. The molecular weight excluding hydrogens is 292 g/mol. The lowest BCUT2D eigenvalue weighted by Crippen LogP contribution is -2.44. The van der Waals surface area contributed by atoms with Crippen molar-refractivity contribution in [2.24, 2.45) is 4.99 Å². The lowest BCUT2D eigenvalue weighted by atomic mass is 10.2. The molecule has 1 saturated carbocycles. The summed E-state index contributed by atoms with van der Waals surface area (Å²) in [7, 11) is 3.37. The fraction of sp³-hybridized carbons (Fsp3) is 0.529. The van der Waals surface area contributed by atoms with Gasteiger partial charge in [-0.15, -0.1) is 0 Å². The van der Waals surface area contributed by atoms with Gasteiger partial charge in [0, 0.05) is 31.7 Å². The molecule has 1 aliphatic rings. The molecule has 0 radical (unpaired) electrons. The van der Waals surface area contributed by atoms with Crippen molar-refractivity contribution in [2.45, 2.75) is 31.7 Å². The minimum absolute atomic E-state index is 0.0896. The standard InChI is InChI=1S/C17H26N4O2/c1-18-17(21-14-5-3-4-6-14)20-12-11-19-16(22)13-7-9-15(23-2)10-8-13/h7-10,14H,3-6,11-12H2,1-2H3,(H,19,22)(H2,18,20,21). The Bertz CT molecular complexity index is 522. The fourth-order valence-electron chi connectivity index (χ4n) is 2.66. The number of methoxy groups -OCH3 is 1. The number of hydrogen-bond acceptors (Lipinski definition) is 3. The molecule has 0 atom stereocenters. The molecule has 0 spiro atoms. The molecule has 23 heavy (non-hydrogen) atoms. The number of carbonyl (C=O) groups is 1. The highest BCUT2D eigenvalue weighted by Crippen LogP contribution is 2.17. The molecule has 0 aromatic heterocycles. The van der Waals surface area contributed by atoms with Crippen LogP contribution in [0.5, 0.6) is 5.75 Å². The molecule has 0 bridgehead atoms. The lowest BCUT2D eigenvalue weighted by Gasteiger charge is -2.17. The number of carbonyl (C=O) groups excluding carboxylic acids is 1. The molecule has 1 fully saturated rings. The van der Waals surface area contributed by atoms with E-state index in [0.717, 1.165) is 11.7 Å². The first-order chi connectivity index (χ1) is 11.2. The van der Waals surface area contributed by atoms with E-state index in [9.17, 15) is 4.79 Å². The van der Waals surface area contributed by atoms with Gasteiger partial charge in [-0.2, -0.15) is 0 Å². The maximum Gasteiger partial charge on any atom is 0.251 e. The first-order valence-corrected chi connectivity index (χ1v) is 8.12. The Balaban J connectivity index is 1.67. The number of benzene rings is 1. The summed E-state index contributed by atoms with van der Waals surface area (Å²) in [6.45, 7) is 1.17. The maximum absolute atomic E-state index is 12.0. The van der Waals surface area contributed by atoms with Crippen LogP contribution < -0.4 is 20.7 Å². The number of nitrogens with one attached hydrogen (secondary N) is 3. The van der Waals surface area contributed by atoms with Crippen LogP contribution in [-0.2, 0) is 0 Å². The molecule has 1 amide bonds. The summed E-state index contributed by atoms with van der Waals surface area (Å²) in [5.41, 5.74) is 0.624. The largest absolute Gasteiger partial charge is 0.497 e. The Morgan fingerprint density at radius 3 is 2.43 bits per heavy atom. The van der Waals surface area contributed by atoms with Crippen molar-refractivity contribution in [3.63, 3.8) is 0 Å². The number of hydrogen-bond donors (Lipinski definition) is 3. The van der Waals surface area contributed by atoms with Gasteiger partial charge in [0.2, 0.25) is 0 Å². The number of nitrogens with zero attached hydrogens (tertiary/aromatic N) is 1. The summed E-state index contributed by atoms with van der Waals surface area (Å²) in [6.07, 6.45) is 4.98. The zero-order chi connectivity index (χ0) is 16.5. The molecule has 3 N–H and O–H groups in total. The minimum Gasteiger partial charge on any atom is -0.497 e. The zero-order valence-corrected chi connectivity index (χ0v) is 13.9. The van der Waals surface area contributed by atoms with Gasteiger partial charge < -0.3 is 20.7 Å². The minimum atomic E-state index is -0.0896. The maximum atomic E-state index is 12.0. The highest BCUT2D eigenvalue weighted by atomic mass is 16.5. The lowest BCUT2D eigenvalue weighted by molar-refractivity contribution is 0.0954. The normalized spacial score (nSPS) is 15.3. The Morgan fingerprint density at radius 2 is 1.83 bits per heavy atom. The van der Waals surface area contributed by atoms with E-state index >= 15 is 0 Å². The number of amides is 1. The predicted molar refractivity (Wildman–Crippen MR) is 92.1 cm³/mol. The van der Waals surface area contributed by atoms with Gasteiger partial charge in [0.05, 0.1) is 7.11 Å². The first kappa shape index (κ1) is 17.1. The van der Waals surface area contributed by atoms with E-state index in [1.165, 1.54) is 25.7 Å². The first-order valence-electron chi connectivity index (χ1n) is 8.12. The van der Waals surface area contributed by atoms with Crippen LogP contribution in [0.2, 0.25) is 0 Å². The van der Waals surface area contributed by atoms with E-state index in [0.29, 0.717) is 24.7 Å². The topological polar surface area (TPSA) is 74.8 Å². The van der Waals surface area contributed by atoms with Crippen molar-refractivity contribution in [1.29, 1.82) is 0 Å². The average molecular weight is 318 g/mol. The van der Waals surface area contributed by atoms with Gasteiger partial charge in [-0.25, -0.2) is 0 Å². The van der Waals surface area contributed by atoms with Crippen LogP contribution in [-0.4, -0.2) is 45.2 Å². The summed E-state index contributed by atoms with van der Waals surface area (Å²) >= 11 is 0. The van der Waals surface area contributed by atoms with E-state index in [1.807, 2.05) is 0 Å². The van der Waals surface area contributed by atoms with Crippen LogP contribution in [0.4, 0.5) is 0 Å². The second-order valence-corrected chi connectivity index (χ2v) is 5.61. The summed E-state index contributed by atoms with van der Waals surface area (Å²) in [5, 5.41) is 9.52. The molecule has 1 aromatic carbocycles. The van der Waals surface area contributed by atoms with Crippen molar-refractivity contribution in [1.82, 2.24) is 16.0 Å². The monoisotopic (exact) mass is 318 g/mol. The van der Waals surface area contributed by atoms with Gasteiger partial charge in [-0.05, 0) is 37.1 Å². The van der Waals surface area contributed by atoms with Crippen molar-refractivity contribution in [2.75, 3.05) is 27.2 Å². The van der Waals surface area contributed by atoms with Gasteiger partial charge >= 0.3 is 0 Å². The molecule has 0 unspecified atom stereocenters. The molecule has 1 aliphatic carbocycles. The molecule has 126 valence electrons. The molecule has 0 heterocycles. The molecule has 0 aliphatic heterocycles. The third-order valence-corrected chi connectivity index (χ3v) is 3.97. The van der Waals surface area contributed by atoms with E-state index < -0.39 is 0 Å². The van der Waals surface area contributed by atoms with E-state index in [-0.39, 0.29) is 5.91 Å². The van der Waals surface area contributed by atoms with Crippen molar-refractivity contribution >= 4 is 11.9 Å². The molecule has 0 saturated heterocycles. The van der Waals surface area contributed by atoms with Crippen molar-refractivity contribution in [3.8, 4) is 5.75 Å². The van der Waals surface area contributed by atoms with Crippen LogP contribution in [0, 0.1) is 0 Å². The molecule has 6 heteroatoms. The van der Waals surface area contributed by atoms with Crippen LogP contribution >= 0.6 is 0 Å². The van der Waals surface area contributed by atoms with Crippen LogP contribution in [0.15, 0.2) is 29.3 Å². The van der Waals surface area contributed by atoms with Crippen LogP contribution in [0.1, 0.15) is 36.0 Å². The van der Waals surface area contributed by atoms with Crippen molar-refractivity contribution in [3.05, 3.63) is 29.8 Å². The summed E-state index contributed by atoms with van der Waals surface area (Å²) < 4.78 is 5.08. The van der Waals surface area contributed by atoms with E-state index in [2.05, 4.69) is 20.9 Å². The van der Waals surface area contributed by atoms with Gasteiger partial charge in [0.1, 0.15) is 5.75 Å². The quantitative estimate of drug-likeness (QED) is 0.422. The Labute approximate surface area is 137 Å². The highest BCUT2D eigenvalue weighted by Gasteiger charge is 2.15. The number of rotatable bonds is 6. The second-order valence-electron chi connectivity index (χ2n) is 5.61. The zero-order valence-electron chi connectivity index (χ0n) is 13.9. The molecular formula is C17H26N4O2. The summed E-state index contributed by atoms with van der Waals surface area (Å²) in [5.74, 6) is 1.45. The van der Waals surface area contributed by atoms with E-state index in [1.54, 1.807) is 38.4 Å². The Kier molecular flexibility index (Phi) is 6.72. The summed E-state index contributed by atoms with van der Waals surface area (Å²) in [6, 6.07) is 7.58. The predicted octanol–water partition coefficient (Wildman–Crippen LogP) is 1.53. The highest BCUT2D eigenvalue weighted by molar-refractivity contribution is 5.94. The number of aliphatic imine (C=N–C) groups is 1. The van der Waals surface area contributed by atoms with Gasteiger partial charge in [0.15, 0.2) is 5.96 Å². The van der Waals surface area contributed by atoms with E-state index in [4.69, 9.17) is 4.74 Å². The number of guanidine groups is 1. The Morgan fingerprint density at radius 1 is 1.17 bits per heavy atom. The third kappa shape index (κ3) is 5.47.